The Morgan fingerprint density at radius 3 is 2.43 bits per heavy atom. The fraction of sp³-hybridized carbons (Fsp3) is 0.500. The Morgan fingerprint density at radius 2 is 1.87 bits per heavy atom. The third-order valence-electron chi connectivity index (χ3n) is 2.96. The van der Waals surface area contributed by atoms with Crippen molar-refractivity contribution in [2.45, 2.75) is 33.2 Å². The van der Waals surface area contributed by atoms with Crippen molar-refractivity contribution >= 4 is 17.8 Å². The zero-order chi connectivity index (χ0) is 17.2. The van der Waals surface area contributed by atoms with Crippen molar-refractivity contribution in [3.63, 3.8) is 0 Å². The summed E-state index contributed by atoms with van der Waals surface area (Å²) in [4.78, 5) is 23.3. The molecule has 0 saturated carbocycles. The second-order valence-corrected chi connectivity index (χ2v) is 5.53. The molecule has 0 aliphatic heterocycles. The zero-order valence-electron chi connectivity index (χ0n) is 13.7. The van der Waals surface area contributed by atoms with Crippen LogP contribution in [0.2, 0.25) is 0 Å². The van der Waals surface area contributed by atoms with Crippen LogP contribution in [-0.2, 0) is 4.74 Å². The third-order valence-corrected chi connectivity index (χ3v) is 2.96. The fourth-order valence-electron chi connectivity index (χ4n) is 2.03. The molecule has 0 heterocycles. The van der Waals surface area contributed by atoms with E-state index in [-0.39, 0.29) is 18.4 Å². The van der Waals surface area contributed by atoms with E-state index in [1.165, 1.54) is 24.3 Å². The summed E-state index contributed by atoms with van der Waals surface area (Å²) in [5.41, 5.74) is 0.489. The Bertz CT molecular complexity index is 506. The van der Waals surface area contributed by atoms with E-state index < -0.39 is 12.1 Å². The normalized spacial score (nSPS) is 11.7. The van der Waals surface area contributed by atoms with Gasteiger partial charge in [-0.05, 0) is 43.5 Å². The second kappa shape index (κ2) is 9.66. The highest BCUT2D eigenvalue weighted by molar-refractivity contribution is 5.89. The molecule has 0 aliphatic rings. The molecule has 0 spiro atoms. The molecule has 1 aromatic rings. The van der Waals surface area contributed by atoms with Crippen LogP contribution < -0.4 is 16.0 Å². The maximum Gasteiger partial charge on any atom is 0.407 e. The first-order chi connectivity index (χ1) is 10.9. The van der Waals surface area contributed by atoms with Crippen LogP contribution in [0, 0.1) is 11.7 Å². The molecule has 1 atom stereocenters. The summed E-state index contributed by atoms with van der Waals surface area (Å²) < 4.78 is 17.7. The summed E-state index contributed by atoms with van der Waals surface area (Å²) in [7, 11) is 0. The van der Waals surface area contributed by atoms with Crippen molar-refractivity contribution in [2.75, 3.05) is 18.5 Å². The summed E-state index contributed by atoms with van der Waals surface area (Å²) >= 11 is 0. The van der Waals surface area contributed by atoms with Crippen LogP contribution >= 0.6 is 0 Å². The lowest BCUT2D eigenvalue weighted by Crippen LogP contribution is -2.45. The summed E-state index contributed by atoms with van der Waals surface area (Å²) in [6.45, 7) is 6.34. The lowest BCUT2D eigenvalue weighted by molar-refractivity contribution is 0.146. The van der Waals surface area contributed by atoms with Gasteiger partial charge < -0.3 is 20.7 Å². The van der Waals surface area contributed by atoms with Gasteiger partial charge in [-0.25, -0.2) is 14.0 Å². The standard InChI is InChI=1S/C16H24FN3O3/c1-4-23-16(22)20-14(9-11(2)3)10-18-15(21)19-13-7-5-12(17)6-8-13/h5-8,11,14H,4,9-10H2,1-3H3,(H,20,22)(H2,18,19,21)/t14-/m1/s1. The number of carbonyl (C=O) groups is 2. The smallest absolute Gasteiger partial charge is 0.407 e. The molecule has 0 bridgehead atoms. The van der Waals surface area contributed by atoms with Crippen LogP contribution in [0.4, 0.5) is 19.7 Å². The second-order valence-electron chi connectivity index (χ2n) is 5.53. The lowest BCUT2D eigenvalue weighted by atomic mass is 10.0. The van der Waals surface area contributed by atoms with Crippen LogP contribution in [0.15, 0.2) is 24.3 Å². The molecule has 1 rings (SSSR count). The molecule has 0 unspecified atom stereocenters. The minimum atomic E-state index is -0.501. The molecular weight excluding hydrogens is 301 g/mol. The lowest BCUT2D eigenvalue weighted by Gasteiger charge is -2.21. The minimum absolute atomic E-state index is 0.229. The Labute approximate surface area is 135 Å². The van der Waals surface area contributed by atoms with E-state index in [1.54, 1.807) is 6.92 Å². The van der Waals surface area contributed by atoms with E-state index in [0.29, 0.717) is 24.6 Å². The number of halogens is 1. The summed E-state index contributed by atoms with van der Waals surface area (Å²) in [6, 6.07) is 4.82. The third kappa shape index (κ3) is 8.04. The van der Waals surface area contributed by atoms with Gasteiger partial charge in [-0.2, -0.15) is 0 Å². The van der Waals surface area contributed by atoms with Gasteiger partial charge in [-0.1, -0.05) is 13.8 Å². The van der Waals surface area contributed by atoms with Crippen molar-refractivity contribution in [3.05, 3.63) is 30.1 Å². The van der Waals surface area contributed by atoms with Gasteiger partial charge in [0.25, 0.3) is 0 Å². The van der Waals surface area contributed by atoms with Gasteiger partial charge in [0.1, 0.15) is 5.82 Å². The van der Waals surface area contributed by atoms with Gasteiger partial charge in [0.2, 0.25) is 0 Å². The van der Waals surface area contributed by atoms with E-state index in [1.807, 2.05) is 13.8 Å². The molecular formula is C16H24FN3O3. The Morgan fingerprint density at radius 1 is 1.22 bits per heavy atom. The number of rotatable bonds is 7. The maximum atomic E-state index is 12.8. The Balaban J connectivity index is 2.47. The number of benzene rings is 1. The highest BCUT2D eigenvalue weighted by Gasteiger charge is 2.15. The zero-order valence-corrected chi connectivity index (χ0v) is 13.7. The molecule has 0 saturated heterocycles. The average Bonchev–Trinajstić information content (AvgIpc) is 2.47. The van der Waals surface area contributed by atoms with Crippen LogP contribution in [0.5, 0.6) is 0 Å². The van der Waals surface area contributed by atoms with Gasteiger partial charge in [-0.3, -0.25) is 0 Å². The van der Waals surface area contributed by atoms with Crippen LogP contribution in [0.25, 0.3) is 0 Å². The number of alkyl carbamates (subject to hydrolysis) is 1. The number of anilines is 1. The van der Waals surface area contributed by atoms with Gasteiger partial charge in [-0.15, -0.1) is 0 Å². The van der Waals surface area contributed by atoms with Gasteiger partial charge in [0.05, 0.1) is 6.61 Å². The van der Waals surface area contributed by atoms with E-state index >= 15 is 0 Å². The van der Waals surface area contributed by atoms with Crippen LogP contribution in [-0.4, -0.2) is 31.3 Å². The number of carbonyl (C=O) groups excluding carboxylic acids is 2. The topological polar surface area (TPSA) is 79.5 Å². The van der Waals surface area contributed by atoms with E-state index in [4.69, 9.17) is 4.74 Å². The number of nitrogens with one attached hydrogen (secondary N) is 3. The van der Waals surface area contributed by atoms with Gasteiger partial charge in [0, 0.05) is 18.3 Å². The monoisotopic (exact) mass is 325 g/mol. The SMILES string of the molecule is CCOC(=O)N[C@@H](CNC(=O)Nc1ccc(F)cc1)CC(C)C. The first-order valence-corrected chi connectivity index (χ1v) is 7.64. The predicted molar refractivity (Wildman–Crippen MR) is 86.8 cm³/mol. The molecule has 0 fully saturated rings. The molecule has 0 aromatic heterocycles. The molecule has 128 valence electrons. The van der Waals surface area contributed by atoms with Crippen molar-refractivity contribution in [3.8, 4) is 0 Å². The van der Waals surface area contributed by atoms with Crippen molar-refractivity contribution in [1.29, 1.82) is 0 Å². The average molecular weight is 325 g/mol. The quantitative estimate of drug-likeness (QED) is 0.720. The highest BCUT2D eigenvalue weighted by Crippen LogP contribution is 2.08. The van der Waals surface area contributed by atoms with E-state index in [2.05, 4.69) is 16.0 Å². The number of amides is 3. The summed E-state index contributed by atoms with van der Waals surface area (Å²) in [5.74, 6) is -0.0181. The molecule has 6 nitrogen and oxygen atoms in total. The molecule has 0 radical (unpaired) electrons. The largest absolute Gasteiger partial charge is 0.450 e. The Kier molecular flexibility index (Phi) is 7.87. The van der Waals surface area contributed by atoms with E-state index in [0.717, 1.165) is 0 Å². The molecule has 0 aliphatic carbocycles. The summed E-state index contributed by atoms with van der Waals surface area (Å²) in [5, 5.41) is 8.00. The predicted octanol–water partition coefficient (Wildman–Crippen LogP) is 3.11. The number of urea groups is 1. The molecule has 3 N–H and O–H groups in total. The number of hydrogen-bond acceptors (Lipinski definition) is 3. The summed E-state index contributed by atoms with van der Waals surface area (Å²) in [6.07, 6.45) is 0.203. The first-order valence-electron chi connectivity index (χ1n) is 7.64. The molecule has 7 heteroatoms. The van der Waals surface area contributed by atoms with Gasteiger partial charge >= 0.3 is 12.1 Å². The number of hydrogen-bond donors (Lipinski definition) is 3. The van der Waals surface area contributed by atoms with E-state index in [9.17, 15) is 14.0 Å². The van der Waals surface area contributed by atoms with Crippen LogP contribution in [0.3, 0.4) is 0 Å². The van der Waals surface area contributed by atoms with Crippen LogP contribution in [0.1, 0.15) is 27.2 Å². The van der Waals surface area contributed by atoms with Crippen molar-refractivity contribution < 1.29 is 18.7 Å². The van der Waals surface area contributed by atoms with Crippen molar-refractivity contribution in [2.24, 2.45) is 5.92 Å². The minimum Gasteiger partial charge on any atom is -0.450 e. The van der Waals surface area contributed by atoms with Crippen molar-refractivity contribution in [1.82, 2.24) is 10.6 Å². The first kappa shape index (κ1) is 18.7. The molecule has 23 heavy (non-hydrogen) atoms. The van der Waals surface area contributed by atoms with Gasteiger partial charge in [0.15, 0.2) is 0 Å². The molecule has 1 aromatic carbocycles. The highest BCUT2D eigenvalue weighted by atomic mass is 19.1. The maximum absolute atomic E-state index is 12.8. The fourth-order valence-corrected chi connectivity index (χ4v) is 2.03. The number of ether oxygens (including phenoxy) is 1. The molecule has 3 amide bonds. The Hall–Kier alpha value is -2.31.